The second-order valence-corrected chi connectivity index (χ2v) is 9.59. The minimum Gasteiger partial charge on any atom is -0.489 e. The second-order valence-electron chi connectivity index (χ2n) is 9.59. The van der Waals surface area contributed by atoms with Crippen molar-refractivity contribution >= 4 is 22.4 Å². The number of ether oxygens (including phenoxy) is 1. The number of anilines is 1. The molecule has 0 radical (unpaired) electrons. The molecule has 7 heteroatoms. The quantitative estimate of drug-likeness (QED) is 0.438. The van der Waals surface area contributed by atoms with Gasteiger partial charge in [0.2, 0.25) is 0 Å². The molecule has 1 aliphatic heterocycles. The van der Waals surface area contributed by atoms with E-state index in [-0.39, 0.29) is 18.1 Å². The molecule has 186 valence electrons. The minimum atomic E-state index is -0.150. The van der Waals surface area contributed by atoms with Crippen LogP contribution >= 0.6 is 0 Å². The molecule has 1 aromatic heterocycles. The summed E-state index contributed by atoms with van der Waals surface area (Å²) in [5, 5.41) is 17.6. The predicted octanol–water partition coefficient (Wildman–Crippen LogP) is 5.00. The largest absolute Gasteiger partial charge is 0.489 e. The van der Waals surface area contributed by atoms with Crippen LogP contribution in [0.15, 0.2) is 60.7 Å². The fourth-order valence-electron chi connectivity index (χ4n) is 4.49. The van der Waals surface area contributed by atoms with Gasteiger partial charge in [0.15, 0.2) is 0 Å². The van der Waals surface area contributed by atoms with E-state index in [1.807, 2.05) is 56.3 Å². The summed E-state index contributed by atoms with van der Waals surface area (Å²) >= 11 is 0. The zero-order valence-electron chi connectivity index (χ0n) is 21.2. The molecule has 2 heterocycles. The van der Waals surface area contributed by atoms with E-state index in [1.54, 1.807) is 6.07 Å². The lowest BCUT2D eigenvalue weighted by Gasteiger charge is -2.30. The Morgan fingerprint density at radius 3 is 2.83 bits per heavy atom. The number of rotatable bonds is 8. The highest BCUT2D eigenvalue weighted by atomic mass is 16.5. The molecule has 0 aliphatic carbocycles. The number of benzene rings is 2. The van der Waals surface area contributed by atoms with Crippen LogP contribution in [0, 0.1) is 11.3 Å². The topological polar surface area (TPSA) is 90.3 Å². The van der Waals surface area contributed by atoms with Crippen molar-refractivity contribution in [1.82, 2.24) is 15.2 Å². The van der Waals surface area contributed by atoms with Crippen molar-refractivity contribution in [1.29, 1.82) is 5.26 Å². The molecule has 7 nitrogen and oxygen atoms in total. The van der Waals surface area contributed by atoms with E-state index in [0.717, 1.165) is 48.0 Å². The summed E-state index contributed by atoms with van der Waals surface area (Å²) in [6.07, 6.45) is 2.05. The summed E-state index contributed by atoms with van der Waals surface area (Å²) in [5.41, 5.74) is 3.24. The summed E-state index contributed by atoms with van der Waals surface area (Å²) in [4.78, 5) is 19.9. The molecule has 0 saturated carbocycles. The van der Waals surface area contributed by atoms with E-state index >= 15 is 0 Å². The molecule has 1 amide bonds. The molecule has 1 fully saturated rings. The van der Waals surface area contributed by atoms with E-state index in [4.69, 9.17) is 10.00 Å². The summed E-state index contributed by atoms with van der Waals surface area (Å²) in [5.74, 6) is 0.557. The Balaban J connectivity index is 1.66. The lowest BCUT2D eigenvalue weighted by Crippen LogP contribution is -2.46. The molecule has 0 spiro atoms. The first kappa shape index (κ1) is 25.2. The first-order valence-electron chi connectivity index (χ1n) is 12.4. The Hall–Kier alpha value is -3.89. The normalized spacial score (nSPS) is 15.9. The van der Waals surface area contributed by atoms with Gasteiger partial charge in [-0.15, -0.1) is 0 Å². The van der Waals surface area contributed by atoms with Gasteiger partial charge in [0, 0.05) is 35.7 Å². The molecule has 2 N–H and O–H groups in total. The average molecular weight is 484 g/mol. The Morgan fingerprint density at radius 2 is 2.08 bits per heavy atom. The van der Waals surface area contributed by atoms with Gasteiger partial charge < -0.3 is 20.3 Å². The van der Waals surface area contributed by atoms with Crippen molar-refractivity contribution in [3.8, 4) is 23.1 Å². The number of amides is 1. The maximum absolute atomic E-state index is 12.9. The van der Waals surface area contributed by atoms with Gasteiger partial charge in [-0.2, -0.15) is 5.26 Å². The van der Waals surface area contributed by atoms with E-state index in [9.17, 15) is 4.79 Å². The molecule has 0 bridgehead atoms. The van der Waals surface area contributed by atoms with Crippen molar-refractivity contribution < 1.29 is 9.53 Å². The van der Waals surface area contributed by atoms with Crippen molar-refractivity contribution in [3.63, 3.8) is 0 Å². The van der Waals surface area contributed by atoms with Crippen molar-refractivity contribution in [2.45, 2.75) is 38.8 Å². The number of pyridine rings is 1. The van der Waals surface area contributed by atoms with Gasteiger partial charge in [0.25, 0.3) is 5.91 Å². The first-order valence-corrected chi connectivity index (χ1v) is 12.4. The van der Waals surface area contributed by atoms with Gasteiger partial charge in [-0.25, -0.2) is 4.98 Å². The number of likely N-dealkylation sites (tertiary alicyclic amines) is 1. The number of fused-ring (bicyclic) bond motifs is 1. The van der Waals surface area contributed by atoms with Gasteiger partial charge in [0.1, 0.15) is 11.4 Å². The SMILES string of the molecule is C=C(C#N)CNc1c(OC(C)C)ccc2ccc(-c3cccc(C(=O)NC4CCCN(C)C4)n3)cc12. The number of likely N-dealkylation sites (N-methyl/N-ethyl adjacent to an activating group) is 1. The maximum atomic E-state index is 12.9. The van der Waals surface area contributed by atoms with Gasteiger partial charge in [-0.05, 0) is 69.9 Å². The summed E-state index contributed by atoms with van der Waals surface area (Å²) in [6, 6.07) is 17.8. The van der Waals surface area contributed by atoms with Crippen LogP contribution in [0.2, 0.25) is 0 Å². The number of carbonyl (C=O) groups is 1. The van der Waals surface area contributed by atoms with Gasteiger partial charge in [0.05, 0.1) is 23.6 Å². The average Bonchev–Trinajstić information content (AvgIpc) is 2.87. The molecule has 1 atom stereocenters. The van der Waals surface area contributed by atoms with Gasteiger partial charge in [-0.1, -0.05) is 30.8 Å². The fraction of sp³-hybridized carbons (Fsp3) is 0.345. The highest BCUT2D eigenvalue weighted by Crippen LogP contribution is 2.36. The molecule has 36 heavy (non-hydrogen) atoms. The summed E-state index contributed by atoms with van der Waals surface area (Å²) < 4.78 is 6.05. The van der Waals surface area contributed by atoms with Crippen LogP contribution in [0.4, 0.5) is 5.69 Å². The predicted molar refractivity (Wildman–Crippen MR) is 144 cm³/mol. The summed E-state index contributed by atoms with van der Waals surface area (Å²) in [7, 11) is 2.08. The maximum Gasteiger partial charge on any atom is 0.270 e. The Kier molecular flexibility index (Phi) is 7.87. The zero-order valence-corrected chi connectivity index (χ0v) is 21.2. The van der Waals surface area contributed by atoms with Crippen molar-refractivity contribution in [2.24, 2.45) is 0 Å². The lowest BCUT2D eigenvalue weighted by atomic mass is 10.0. The number of nitriles is 1. The molecular formula is C29H33N5O2. The standard InChI is InChI=1S/C29H33N5O2/c1-19(2)36-27-13-12-21-10-11-22(15-24(21)28(27)31-17-20(3)16-30)25-8-5-9-26(33-25)29(35)32-23-7-6-14-34(4)18-23/h5,8-13,15,19,23,31H,3,6-7,14,17-18H2,1-2,4H3,(H,32,35). The number of carbonyl (C=O) groups excluding carboxylic acids is 1. The molecular weight excluding hydrogens is 450 g/mol. The number of nitrogens with zero attached hydrogens (tertiary/aromatic N) is 3. The monoisotopic (exact) mass is 483 g/mol. The number of piperidine rings is 1. The Morgan fingerprint density at radius 1 is 1.28 bits per heavy atom. The van der Waals surface area contributed by atoms with E-state index in [2.05, 4.69) is 40.2 Å². The van der Waals surface area contributed by atoms with Crippen LogP contribution < -0.4 is 15.4 Å². The highest BCUT2D eigenvalue weighted by molar-refractivity contribution is 5.99. The molecule has 1 unspecified atom stereocenters. The molecule has 2 aromatic carbocycles. The van der Waals surface area contributed by atoms with Crippen LogP contribution in [0.5, 0.6) is 5.75 Å². The molecule has 3 aromatic rings. The van der Waals surface area contributed by atoms with Crippen LogP contribution in [0.1, 0.15) is 37.2 Å². The lowest BCUT2D eigenvalue weighted by molar-refractivity contribution is 0.0907. The number of nitrogens with one attached hydrogen (secondary N) is 2. The first-order chi connectivity index (χ1) is 17.3. The zero-order chi connectivity index (χ0) is 25.7. The third-order valence-electron chi connectivity index (χ3n) is 6.22. The van der Waals surface area contributed by atoms with E-state index < -0.39 is 0 Å². The van der Waals surface area contributed by atoms with Gasteiger partial charge in [-0.3, -0.25) is 4.79 Å². The van der Waals surface area contributed by atoms with Gasteiger partial charge >= 0.3 is 0 Å². The van der Waals surface area contributed by atoms with Crippen molar-refractivity contribution in [2.75, 3.05) is 32.0 Å². The van der Waals surface area contributed by atoms with E-state index in [1.165, 1.54) is 0 Å². The molecule has 1 aliphatic rings. The number of aromatic nitrogens is 1. The van der Waals surface area contributed by atoms with Crippen LogP contribution in [-0.2, 0) is 0 Å². The summed E-state index contributed by atoms with van der Waals surface area (Å²) in [6.45, 7) is 9.97. The Bertz CT molecular complexity index is 1310. The second kappa shape index (κ2) is 11.2. The minimum absolute atomic E-state index is 0.00818. The molecule has 4 rings (SSSR count). The van der Waals surface area contributed by atoms with Crippen molar-refractivity contribution in [3.05, 3.63) is 66.4 Å². The van der Waals surface area contributed by atoms with Crippen LogP contribution in [0.3, 0.4) is 0 Å². The third kappa shape index (κ3) is 6.02. The third-order valence-corrected chi connectivity index (χ3v) is 6.22. The van der Waals surface area contributed by atoms with E-state index in [0.29, 0.717) is 29.3 Å². The highest BCUT2D eigenvalue weighted by Gasteiger charge is 2.20. The Labute approximate surface area is 212 Å². The van der Waals surface area contributed by atoms with Crippen LogP contribution in [0.25, 0.3) is 22.0 Å². The molecule has 1 saturated heterocycles. The van der Waals surface area contributed by atoms with Crippen LogP contribution in [-0.4, -0.2) is 54.6 Å². The fourth-order valence-corrected chi connectivity index (χ4v) is 4.49. The smallest absolute Gasteiger partial charge is 0.270 e. The number of hydrogen-bond acceptors (Lipinski definition) is 6. The number of hydrogen-bond donors (Lipinski definition) is 2.